The summed E-state index contributed by atoms with van der Waals surface area (Å²) < 4.78 is 26.8. The van der Waals surface area contributed by atoms with E-state index in [0.29, 0.717) is 0 Å². The Morgan fingerprint density at radius 3 is 1.56 bits per heavy atom. The minimum absolute atomic E-state index is 0.281. The van der Waals surface area contributed by atoms with Crippen LogP contribution in [-0.4, -0.2) is 163 Å². The molecule has 16 atom stereocenters. The van der Waals surface area contributed by atoms with Crippen LogP contribution in [0, 0.1) is 5.92 Å². The zero-order chi connectivity index (χ0) is 24.9. The lowest BCUT2D eigenvalue weighted by molar-refractivity contribution is -0.332. The summed E-state index contributed by atoms with van der Waals surface area (Å²) in [5.74, 6) is -0.757. The molecule has 0 amide bonds. The van der Waals surface area contributed by atoms with Gasteiger partial charge in [-0.05, 0) is 0 Å². The van der Waals surface area contributed by atoms with Gasteiger partial charge in [-0.1, -0.05) is 0 Å². The number of aliphatic hydroxyl groups excluding tert-OH is 10. The maximum atomic E-state index is 10.3. The van der Waals surface area contributed by atoms with Crippen molar-refractivity contribution < 1.29 is 74.7 Å². The minimum Gasteiger partial charge on any atom is -0.394 e. The Labute approximate surface area is 193 Å². The third-order valence-corrected chi connectivity index (χ3v) is 6.85. The van der Waals surface area contributed by atoms with Crippen LogP contribution in [0.2, 0.25) is 0 Å². The lowest BCUT2D eigenvalue weighted by Crippen LogP contribution is -2.62. The van der Waals surface area contributed by atoms with E-state index < -0.39 is 111 Å². The normalized spacial score (nSPS) is 55.6. The van der Waals surface area contributed by atoms with Crippen LogP contribution in [0.3, 0.4) is 0 Å². The Morgan fingerprint density at radius 1 is 0.471 bits per heavy atom. The van der Waals surface area contributed by atoms with Gasteiger partial charge in [0.25, 0.3) is 0 Å². The third-order valence-electron chi connectivity index (χ3n) is 6.85. The van der Waals surface area contributed by atoms with E-state index in [0.717, 1.165) is 0 Å². The highest BCUT2D eigenvalue weighted by molar-refractivity contribution is 5.07. The van der Waals surface area contributed by atoms with Crippen LogP contribution < -0.4 is 0 Å². The van der Waals surface area contributed by atoms with Crippen LogP contribution in [0.15, 0.2) is 0 Å². The second-order valence-electron chi connectivity index (χ2n) is 9.08. The Balaban J connectivity index is 1.34. The molecule has 1 saturated carbocycles. The summed E-state index contributed by atoms with van der Waals surface area (Å²) in [6.07, 6.45) is -20.8. The monoisotopic (exact) mass is 500 g/mol. The van der Waals surface area contributed by atoms with E-state index in [2.05, 4.69) is 0 Å². The van der Waals surface area contributed by atoms with Gasteiger partial charge in [-0.2, -0.15) is 0 Å². The summed E-state index contributed by atoms with van der Waals surface area (Å²) in [5.41, 5.74) is 0. The van der Waals surface area contributed by atoms with Crippen LogP contribution >= 0.6 is 0 Å². The molecule has 0 aromatic heterocycles. The van der Waals surface area contributed by atoms with Crippen LogP contribution in [0.5, 0.6) is 0 Å². The van der Waals surface area contributed by atoms with Gasteiger partial charge in [0.15, 0.2) is 12.6 Å². The summed E-state index contributed by atoms with van der Waals surface area (Å²) >= 11 is 0. The molecule has 4 rings (SSSR count). The van der Waals surface area contributed by atoms with E-state index >= 15 is 0 Å². The number of ether oxygens (including phenoxy) is 5. The summed E-state index contributed by atoms with van der Waals surface area (Å²) in [5, 5.41) is 99.6. The Morgan fingerprint density at radius 2 is 0.971 bits per heavy atom. The van der Waals surface area contributed by atoms with Crippen LogP contribution in [0.4, 0.5) is 0 Å². The largest absolute Gasteiger partial charge is 0.394 e. The first-order chi connectivity index (χ1) is 16.1. The second-order valence-corrected chi connectivity index (χ2v) is 9.08. The molecule has 1 aliphatic carbocycles. The van der Waals surface area contributed by atoms with Gasteiger partial charge < -0.3 is 74.7 Å². The van der Waals surface area contributed by atoms with Crippen molar-refractivity contribution >= 4 is 0 Å². The molecule has 0 bridgehead atoms. The Hall–Kier alpha value is -0.600. The number of epoxide rings is 1. The molecule has 0 aromatic carbocycles. The molecule has 0 unspecified atom stereocenters. The van der Waals surface area contributed by atoms with Gasteiger partial charge in [-0.3, -0.25) is 0 Å². The standard InChI is InChI=1S/C19H32O15/c20-1-5-8(22)11(25)14(28)19(32-5)31-3-6-9(23)12(26)15(29)18(33-6)30-2-4-7(21)10(24)13(27)17-16(4)34-17/h4-29H,1-3H2/t4-,5-,6-,7-,8-,9-,10+,11+,12+,13+,14+,15+,16+,17-,18+,19+/m1/s1. The van der Waals surface area contributed by atoms with E-state index in [-0.39, 0.29) is 6.61 Å². The van der Waals surface area contributed by atoms with Crippen molar-refractivity contribution in [3.8, 4) is 0 Å². The van der Waals surface area contributed by atoms with E-state index in [1.54, 1.807) is 0 Å². The molecule has 0 radical (unpaired) electrons. The fourth-order valence-corrected chi connectivity index (χ4v) is 4.59. The predicted octanol–water partition coefficient (Wildman–Crippen LogP) is -6.89. The van der Waals surface area contributed by atoms with Crippen molar-refractivity contribution in [3.05, 3.63) is 0 Å². The second kappa shape index (κ2) is 10.4. The number of aliphatic hydroxyl groups is 10. The van der Waals surface area contributed by atoms with Gasteiger partial charge in [-0.15, -0.1) is 0 Å². The maximum absolute atomic E-state index is 10.3. The Bertz CT molecular complexity index is 682. The molecule has 0 spiro atoms. The molecule has 15 nitrogen and oxygen atoms in total. The van der Waals surface area contributed by atoms with E-state index in [1.165, 1.54) is 0 Å². The maximum Gasteiger partial charge on any atom is 0.186 e. The fraction of sp³-hybridized carbons (Fsp3) is 1.00. The van der Waals surface area contributed by atoms with E-state index in [1.807, 2.05) is 0 Å². The molecule has 3 heterocycles. The van der Waals surface area contributed by atoms with Crippen molar-refractivity contribution in [2.75, 3.05) is 19.8 Å². The topological polar surface area (TPSA) is 252 Å². The molecular formula is C19H32O15. The smallest absolute Gasteiger partial charge is 0.186 e. The summed E-state index contributed by atoms with van der Waals surface area (Å²) in [4.78, 5) is 0. The zero-order valence-electron chi connectivity index (χ0n) is 17.9. The number of hydrogen-bond donors (Lipinski definition) is 10. The molecular weight excluding hydrogens is 468 g/mol. The summed E-state index contributed by atoms with van der Waals surface area (Å²) in [7, 11) is 0. The number of hydrogen-bond acceptors (Lipinski definition) is 15. The highest BCUT2D eigenvalue weighted by atomic mass is 16.7. The van der Waals surface area contributed by atoms with Gasteiger partial charge >= 0.3 is 0 Å². The molecule has 3 saturated heterocycles. The third kappa shape index (κ3) is 4.84. The van der Waals surface area contributed by atoms with Crippen LogP contribution in [0.25, 0.3) is 0 Å². The van der Waals surface area contributed by atoms with Gasteiger partial charge in [0.05, 0.1) is 32.0 Å². The quantitative estimate of drug-likeness (QED) is 0.146. The van der Waals surface area contributed by atoms with Gasteiger partial charge in [0.2, 0.25) is 0 Å². The van der Waals surface area contributed by atoms with E-state index in [4.69, 9.17) is 23.7 Å². The van der Waals surface area contributed by atoms with Gasteiger partial charge in [0, 0.05) is 5.92 Å². The molecule has 15 heteroatoms. The SMILES string of the molecule is OC[C@H]1O[C@H](OC[C@H]2O[C@H](OC[C@@H]3[C@@H](O)[C@H](O)[C@H](O)[C@H]4O[C@@H]34)[C@@H](O)[C@@H](O)[C@@H]2O)[C@@H](O)[C@@H](O)[C@@H]1O. The lowest BCUT2D eigenvalue weighted by atomic mass is 9.83. The van der Waals surface area contributed by atoms with Crippen molar-refractivity contribution in [3.63, 3.8) is 0 Å². The van der Waals surface area contributed by atoms with Crippen LogP contribution in [-0.2, 0) is 23.7 Å². The Kier molecular flexibility index (Phi) is 8.10. The first kappa shape index (κ1) is 26.5. The summed E-state index contributed by atoms with van der Waals surface area (Å²) in [6, 6.07) is 0. The highest BCUT2D eigenvalue weighted by Gasteiger charge is 2.60. The van der Waals surface area contributed by atoms with Crippen molar-refractivity contribution in [2.24, 2.45) is 5.92 Å². The van der Waals surface area contributed by atoms with Crippen molar-refractivity contribution in [2.45, 2.75) is 91.9 Å². The average molecular weight is 500 g/mol. The number of fused-ring (bicyclic) bond motifs is 1. The highest BCUT2D eigenvalue weighted by Crippen LogP contribution is 2.41. The van der Waals surface area contributed by atoms with Crippen molar-refractivity contribution in [1.29, 1.82) is 0 Å². The molecule has 4 fully saturated rings. The lowest BCUT2D eigenvalue weighted by Gasteiger charge is -2.43. The van der Waals surface area contributed by atoms with Gasteiger partial charge in [0.1, 0.15) is 67.1 Å². The molecule has 4 aliphatic rings. The van der Waals surface area contributed by atoms with Gasteiger partial charge in [-0.25, -0.2) is 0 Å². The molecule has 198 valence electrons. The summed E-state index contributed by atoms with van der Waals surface area (Å²) in [6.45, 7) is -1.46. The number of rotatable bonds is 7. The van der Waals surface area contributed by atoms with E-state index in [9.17, 15) is 51.1 Å². The van der Waals surface area contributed by atoms with Crippen molar-refractivity contribution in [1.82, 2.24) is 0 Å². The first-order valence-corrected chi connectivity index (χ1v) is 11.0. The zero-order valence-corrected chi connectivity index (χ0v) is 17.9. The minimum atomic E-state index is -1.73. The first-order valence-electron chi connectivity index (χ1n) is 11.0. The molecule has 3 aliphatic heterocycles. The fourth-order valence-electron chi connectivity index (χ4n) is 4.59. The molecule has 10 N–H and O–H groups in total. The molecule has 34 heavy (non-hydrogen) atoms. The predicted molar refractivity (Wildman–Crippen MR) is 103 cm³/mol. The van der Waals surface area contributed by atoms with Crippen LogP contribution in [0.1, 0.15) is 0 Å². The average Bonchev–Trinajstić information content (AvgIpc) is 3.62. The molecule has 0 aromatic rings.